The van der Waals surface area contributed by atoms with E-state index in [2.05, 4.69) is 15.3 Å². The molecule has 0 radical (unpaired) electrons. The molecule has 0 saturated carbocycles. The van der Waals surface area contributed by atoms with E-state index < -0.39 is 0 Å². The van der Waals surface area contributed by atoms with Gasteiger partial charge in [-0.05, 0) is 36.8 Å². The third-order valence-corrected chi connectivity index (χ3v) is 4.46. The predicted octanol–water partition coefficient (Wildman–Crippen LogP) is 5.07. The van der Waals surface area contributed by atoms with Crippen LogP contribution in [0.3, 0.4) is 0 Å². The normalized spacial score (nSPS) is 10.6. The first-order valence-corrected chi connectivity index (χ1v) is 8.31. The number of anilines is 1. The quantitative estimate of drug-likeness (QED) is 0.706. The molecule has 0 aliphatic carbocycles. The number of benzene rings is 1. The fraction of sp³-hybridized carbons (Fsp3) is 0.0625. The molecule has 0 unspecified atom stereocenters. The van der Waals surface area contributed by atoms with E-state index in [0.29, 0.717) is 32.0 Å². The average molecular weight is 364 g/mol. The number of hydrogen-bond acceptors (Lipinski definition) is 4. The van der Waals surface area contributed by atoms with Gasteiger partial charge in [-0.2, -0.15) is 0 Å². The second-order valence-electron chi connectivity index (χ2n) is 4.83. The number of hydrogen-bond donors (Lipinski definition) is 1. The summed E-state index contributed by atoms with van der Waals surface area (Å²) < 4.78 is 0. The summed E-state index contributed by atoms with van der Waals surface area (Å²) in [5.41, 5.74) is 2.79. The fourth-order valence-corrected chi connectivity index (χ4v) is 3.55. The van der Waals surface area contributed by atoms with E-state index in [1.54, 1.807) is 24.5 Å². The molecule has 116 valence electrons. The number of carbonyl (C=O) groups is 1. The number of pyridine rings is 1. The minimum absolute atomic E-state index is 0.241. The maximum absolute atomic E-state index is 12.1. The Bertz CT molecular complexity index is 842. The van der Waals surface area contributed by atoms with Crippen molar-refractivity contribution >= 4 is 45.6 Å². The summed E-state index contributed by atoms with van der Waals surface area (Å²) in [5, 5.41) is 6.11. The Labute approximate surface area is 147 Å². The molecule has 1 N–H and O–H groups in total. The van der Waals surface area contributed by atoms with Crippen LogP contribution in [0.5, 0.6) is 0 Å². The van der Waals surface area contributed by atoms with Gasteiger partial charge >= 0.3 is 0 Å². The molecular formula is C16H11Cl2N3OS. The average Bonchev–Trinajstić information content (AvgIpc) is 2.95. The molecule has 23 heavy (non-hydrogen) atoms. The van der Waals surface area contributed by atoms with E-state index in [9.17, 15) is 4.79 Å². The molecular weight excluding hydrogens is 353 g/mol. The van der Waals surface area contributed by atoms with Crippen molar-refractivity contribution in [3.8, 4) is 11.3 Å². The molecule has 3 aromatic rings. The molecule has 0 atom stereocenters. The van der Waals surface area contributed by atoms with Crippen LogP contribution in [0.25, 0.3) is 11.3 Å². The lowest BCUT2D eigenvalue weighted by molar-refractivity contribution is 0.102. The fourth-order valence-electron chi connectivity index (χ4n) is 2.06. The lowest BCUT2D eigenvalue weighted by Crippen LogP contribution is -2.11. The Kier molecular flexibility index (Phi) is 4.61. The highest BCUT2D eigenvalue weighted by Crippen LogP contribution is 2.37. The molecule has 0 aliphatic heterocycles. The molecule has 1 amide bonds. The summed E-state index contributed by atoms with van der Waals surface area (Å²) in [4.78, 5) is 20.4. The first-order chi connectivity index (χ1) is 11.0. The molecule has 2 aromatic heterocycles. The number of rotatable bonds is 3. The monoisotopic (exact) mass is 363 g/mol. The summed E-state index contributed by atoms with van der Waals surface area (Å²) in [7, 11) is 0. The summed E-state index contributed by atoms with van der Waals surface area (Å²) >= 11 is 13.8. The molecule has 0 spiro atoms. The number of aryl methyl sites for hydroxylation is 1. The topological polar surface area (TPSA) is 54.9 Å². The van der Waals surface area contributed by atoms with Gasteiger partial charge in [0.05, 0.1) is 15.7 Å². The number of halogens is 2. The van der Waals surface area contributed by atoms with Gasteiger partial charge in [0.25, 0.3) is 5.91 Å². The Morgan fingerprint density at radius 1 is 1.17 bits per heavy atom. The molecule has 0 bridgehead atoms. The van der Waals surface area contributed by atoms with Crippen LogP contribution in [0.15, 0.2) is 42.0 Å². The van der Waals surface area contributed by atoms with Crippen molar-refractivity contribution in [3.63, 3.8) is 0 Å². The van der Waals surface area contributed by atoms with Gasteiger partial charge in [-0.15, -0.1) is 11.3 Å². The highest BCUT2D eigenvalue weighted by atomic mass is 35.5. The lowest BCUT2D eigenvalue weighted by atomic mass is 10.1. The highest BCUT2D eigenvalue weighted by molar-refractivity contribution is 7.14. The molecule has 1 aromatic carbocycles. The van der Waals surface area contributed by atoms with Crippen molar-refractivity contribution < 1.29 is 4.79 Å². The second-order valence-corrected chi connectivity index (χ2v) is 6.50. The zero-order valence-electron chi connectivity index (χ0n) is 12.0. The van der Waals surface area contributed by atoms with Crippen molar-refractivity contribution in [3.05, 3.63) is 63.2 Å². The number of nitrogens with zero attached hydrogens (tertiary/aromatic N) is 2. The number of amides is 1. The van der Waals surface area contributed by atoms with Gasteiger partial charge in [-0.1, -0.05) is 23.2 Å². The maximum Gasteiger partial charge on any atom is 0.257 e. The van der Waals surface area contributed by atoms with Crippen molar-refractivity contribution in [2.45, 2.75) is 6.92 Å². The van der Waals surface area contributed by atoms with Gasteiger partial charge in [-0.25, -0.2) is 4.98 Å². The Hall–Kier alpha value is -1.95. The van der Waals surface area contributed by atoms with Crippen LogP contribution in [0.4, 0.5) is 5.13 Å². The van der Waals surface area contributed by atoms with Gasteiger partial charge < -0.3 is 0 Å². The van der Waals surface area contributed by atoms with E-state index in [1.807, 2.05) is 24.4 Å². The first kappa shape index (κ1) is 15.9. The Balaban J connectivity index is 1.86. The van der Waals surface area contributed by atoms with Crippen LogP contribution in [-0.4, -0.2) is 15.9 Å². The largest absolute Gasteiger partial charge is 0.298 e. The van der Waals surface area contributed by atoms with Crippen LogP contribution in [0.2, 0.25) is 10.0 Å². The second kappa shape index (κ2) is 6.66. The maximum atomic E-state index is 12.1. The van der Waals surface area contributed by atoms with Crippen molar-refractivity contribution in [2.24, 2.45) is 0 Å². The van der Waals surface area contributed by atoms with Gasteiger partial charge in [0, 0.05) is 28.9 Å². The van der Waals surface area contributed by atoms with Crippen molar-refractivity contribution in [2.75, 3.05) is 5.32 Å². The molecule has 0 fully saturated rings. The van der Waals surface area contributed by atoms with E-state index in [0.717, 1.165) is 5.56 Å². The van der Waals surface area contributed by atoms with Crippen LogP contribution >= 0.6 is 34.5 Å². The molecule has 3 rings (SSSR count). The standard InChI is InChI=1S/C16H11Cl2N3OS/c1-9-6-11(17)14(12(18)7-9)13-8-23-16(20-13)21-15(22)10-2-4-19-5-3-10/h2-8H,1H3,(H,20,21,22). The molecule has 0 aliphatic rings. The van der Waals surface area contributed by atoms with Crippen LogP contribution in [0, 0.1) is 6.92 Å². The summed E-state index contributed by atoms with van der Waals surface area (Å²) in [6.07, 6.45) is 3.13. The molecule has 2 heterocycles. The summed E-state index contributed by atoms with van der Waals surface area (Å²) in [5.74, 6) is -0.241. The third-order valence-electron chi connectivity index (χ3n) is 3.11. The van der Waals surface area contributed by atoms with Crippen LogP contribution in [-0.2, 0) is 0 Å². The smallest absolute Gasteiger partial charge is 0.257 e. The zero-order chi connectivity index (χ0) is 16.4. The minimum Gasteiger partial charge on any atom is -0.298 e. The number of nitrogens with one attached hydrogen (secondary N) is 1. The van der Waals surface area contributed by atoms with Gasteiger partial charge in [-0.3, -0.25) is 15.1 Å². The van der Waals surface area contributed by atoms with Crippen molar-refractivity contribution in [1.82, 2.24) is 9.97 Å². The zero-order valence-corrected chi connectivity index (χ0v) is 14.3. The molecule has 7 heteroatoms. The SMILES string of the molecule is Cc1cc(Cl)c(-c2csc(NC(=O)c3ccncc3)n2)c(Cl)c1. The number of carbonyl (C=O) groups excluding carboxylic acids is 1. The van der Waals surface area contributed by atoms with E-state index in [-0.39, 0.29) is 5.91 Å². The van der Waals surface area contributed by atoms with Crippen LogP contribution < -0.4 is 5.32 Å². The Morgan fingerprint density at radius 3 is 2.48 bits per heavy atom. The van der Waals surface area contributed by atoms with Crippen molar-refractivity contribution in [1.29, 1.82) is 0 Å². The van der Waals surface area contributed by atoms with E-state index in [1.165, 1.54) is 11.3 Å². The summed E-state index contributed by atoms with van der Waals surface area (Å²) in [6.45, 7) is 1.92. The predicted molar refractivity (Wildman–Crippen MR) is 94.5 cm³/mol. The first-order valence-electron chi connectivity index (χ1n) is 6.67. The Morgan fingerprint density at radius 2 is 1.83 bits per heavy atom. The van der Waals surface area contributed by atoms with E-state index >= 15 is 0 Å². The number of aromatic nitrogens is 2. The summed E-state index contributed by atoms with van der Waals surface area (Å²) in [6, 6.07) is 6.93. The highest BCUT2D eigenvalue weighted by Gasteiger charge is 2.14. The van der Waals surface area contributed by atoms with Crippen LogP contribution in [0.1, 0.15) is 15.9 Å². The minimum atomic E-state index is -0.241. The number of thiazole rings is 1. The molecule has 4 nitrogen and oxygen atoms in total. The third kappa shape index (κ3) is 3.52. The lowest BCUT2D eigenvalue weighted by Gasteiger charge is -2.05. The van der Waals surface area contributed by atoms with Gasteiger partial charge in [0.2, 0.25) is 0 Å². The van der Waals surface area contributed by atoms with Gasteiger partial charge in [0.15, 0.2) is 5.13 Å². The molecule has 0 saturated heterocycles. The van der Waals surface area contributed by atoms with E-state index in [4.69, 9.17) is 23.2 Å². The van der Waals surface area contributed by atoms with Gasteiger partial charge in [0.1, 0.15) is 0 Å².